The standard InChI is InChI=1S/C13H7F6N5O/c14-12(15,16)11-22-21-10-8(20)5-9(23-24(10)11)6-1-3-7(4-2-6)25-13(17,18)19/h1-5H,20H2. The van der Waals surface area contributed by atoms with E-state index in [9.17, 15) is 26.3 Å². The number of ether oxygens (including phenoxy) is 1. The van der Waals surface area contributed by atoms with Gasteiger partial charge in [-0.3, -0.25) is 0 Å². The number of hydrogen-bond donors (Lipinski definition) is 1. The van der Waals surface area contributed by atoms with Crippen LogP contribution in [0, 0.1) is 0 Å². The highest BCUT2D eigenvalue weighted by atomic mass is 19.4. The number of nitrogens with two attached hydrogens (primary N) is 1. The molecular weight excluding hydrogens is 356 g/mol. The SMILES string of the molecule is Nc1cc(-c2ccc(OC(F)(F)F)cc2)nn2c(C(F)(F)F)nnc12. The quantitative estimate of drug-likeness (QED) is 0.707. The van der Waals surface area contributed by atoms with Crippen LogP contribution >= 0.6 is 0 Å². The van der Waals surface area contributed by atoms with E-state index in [1.807, 2.05) is 0 Å². The molecule has 0 bridgehead atoms. The van der Waals surface area contributed by atoms with Gasteiger partial charge in [-0.2, -0.15) is 22.8 Å². The first-order valence-electron chi connectivity index (χ1n) is 6.50. The maximum absolute atomic E-state index is 12.9. The van der Waals surface area contributed by atoms with Crippen molar-refractivity contribution in [1.82, 2.24) is 19.8 Å². The number of nitrogen functional groups attached to an aromatic ring is 1. The number of benzene rings is 1. The van der Waals surface area contributed by atoms with Crippen molar-refractivity contribution in [3.05, 3.63) is 36.2 Å². The normalized spacial score (nSPS) is 12.6. The maximum Gasteiger partial charge on any atom is 0.573 e. The van der Waals surface area contributed by atoms with Crippen molar-refractivity contribution < 1.29 is 31.1 Å². The molecule has 0 atom stereocenters. The van der Waals surface area contributed by atoms with Gasteiger partial charge in [0.1, 0.15) is 5.75 Å². The summed E-state index contributed by atoms with van der Waals surface area (Å²) in [5.74, 6) is -1.85. The van der Waals surface area contributed by atoms with E-state index in [2.05, 4.69) is 20.0 Å². The summed E-state index contributed by atoms with van der Waals surface area (Å²) < 4.78 is 79.3. The largest absolute Gasteiger partial charge is 0.573 e. The molecule has 0 aliphatic heterocycles. The first-order chi connectivity index (χ1) is 11.5. The summed E-state index contributed by atoms with van der Waals surface area (Å²) >= 11 is 0. The summed E-state index contributed by atoms with van der Waals surface area (Å²) in [6, 6.07) is 5.64. The van der Waals surface area contributed by atoms with Crippen molar-refractivity contribution in [3.63, 3.8) is 0 Å². The zero-order valence-electron chi connectivity index (χ0n) is 11.9. The molecule has 132 valence electrons. The molecule has 6 nitrogen and oxygen atoms in total. The number of alkyl halides is 6. The molecule has 0 fully saturated rings. The van der Waals surface area contributed by atoms with Crippen LogP contribution in [0.2, 0.25) is 0 Å². The minimum Gasteiger partial charge on any atom is -0.406 e. The Morgan fingerprint density at radius 1 is 0.960 bits per heavy atom. The van der Waals surface area contributed by atoms with Gasteiger partial charge >= 0.3 is 12.5 Å². The van der Waals surface area contributed by atoms with Crippen molar-refractivity contribution in [2.75, 3.05) is 5.73 Å². The number of halogens is 6. The molecule has 1 aromatic carbocycles. The van der Waals surface area contributed by atoms with Crippen molar-refractivity contribution >= 4 is 11.3 Å². The Bertz CT molecular complexity index is 916. The fourth-order valence-electron chi connectivity index (χ4n) is 2.05. The first-order valence-corrected chi connectivity index (χ1v) is 6.50. The molecule has 0 aliphatic rings. The fourth-order valence-corrected chi connectivity index (χ4v) is 2.05. The van der Waals surface area contributed by atoms with Gasteiger partial charge in [0.2, 0.25) is 5.65 Å². The Balaban J connectivity index is 2.04. The van der Waals surface area contributed by atoms with Crippen molar-refractivity contribution in [2.24, 2.45) is 0 Å². The van der Waals surface area contributed by atoms with Crippen LogP contribution in [0.4, 0.5) is 32.0 Å². The third-order valence-electron chi connectivity index (χ3n) is 3.04. The third kappa shape index (κ3) is 3.41. The minimum atomic E-state index is -4.85. The van der Waals surface area contributed by atoms with Crippen molar-refractivity contribution in [3.8, 4) is 17.0 Å². The van der Waals surface area contributed by atoms with E-state index >= 15 is 0 Å². The van der Waals surface area contributed by atoms with Crippen LogP contribution in [-0.4, -0.2) is 26.2 Å². The molecule has 2 aromatic heterocycles. The number of fused-ring (bicyclic) bond motifs is 1. The van der Waals surface area contributed by atoms with Crippen LogP contribution in [0.1, 0.15) is 5.82 Å². The zero-order valence-corrected chi connectivity index (χ0v) is 11.9. The number of rotatable bonds is 2. The molecule has 25 heavy (non-hydrogen) atoms. The molecule has 0 spiro atoms. The molecule has 0 aliphatic carbocycles. The average Bonchev–Trinajstić information content (AvgIpc) is 2.91. The summed E-state index contributed by atoms with van der Waals surface area (Å²) in [4.78, 5) is 0. The van der Waals surface area contributed by atoms with Gasteiger partial charge in [0.15, 0.2) is 0 Å². The van der Waals surface area contributed by atoms with Gasteiger partial charge in [0.05, 0.1) is 11.4 Å². The fraction of sp³-hybridized carbons (Fsp3) is 0.154. The molecule has 2 heterocycles. The second-order valence-corrected chi connectivity index (χ2v) is 4.81. The lowest BCUT2D eigenvalue weighted by atomic mass is 10.1. The van der Waals surface area contributed by atoms with Crippen molar-refractivity contribution in [1.29, 1.82) is 0 Å². The van der Waals surface area contributed by atoms with E-state index in [-0.39, 0.29) is 22.6 Å². The van der Waals surface area contributed by atoms with Crippen LogP contribution in [-0.2, 0) is 6.18 Å². The van der Waals surface area contributed by atoms with Gasteiger partial charge in [-0.05, 0) is 30.3 Å². The lowest BCUT2D eigenvalue weighted by Crippen LogP contribution is -2.17. The highest BCUT2D eigenvalue weighted by molar-refractivity contribution is 5.71. The van der Waals surface area contributed by atoms with E-state index in [1.54, 1.807) is 0 Å². The Kier molecular flexibility index (Phi) is 3.69. The van der Waals surface area contributed by atoms with Crippen LogP contribution in [0.5, 0.6) is 5.75 Å². The summed E-state index contributed by atoms with van der Waals surface area (Å²) in [5.41, 5.74) is 5.48. The van der Waals surface area contributed by atoms with E-state index in [4.69, 9.17) is 5.73 Å². The predicted octanol–water partition coefficient (Wildman–Crippen LogP) is 3.29. The number of hydrogen-bond acceptors (Lipinski definition) is 5. The van der Waals surface area contributed by atoms with Crippen LogP contribution in [0.15, 0.2) is 30.3 Å². The number of aromatic nitrogens is 4. The van der Waals surface area contributed by atoms with Crippen LogP contribution in [0.25, 0.3) is 16.9 Å². The van der Waals surface area contributed by atoms with E-state index in [0.717, 1.165) is 12.1 Å². The van der Waals surface area contributed by atoms with Crippen LogP contribution in [0.3, 0.4) is 0 Å². The molecule has 0 saturated heterocycles. The summed E-state index contributed by atoms with van der Waals surface area (Å²) in [6.07, 6.45) is -9.66. The number of nitrogens with zero attached hydrogens (tertiary/aromatic N) is 4. The van der Waals surface area contributed by atoms with Gasteiger partial charge in [-0.15, -0.1) is 23.4 Å². The van der Waals surface area contributed by atoms with Gasteiger partial charge in [0.25, 0.3) is 5.82 Å². The highest BCUT2D eigenvalue weighted by Crippen LogP contribution is 2.31. The molecule has 3 rings (SSSR count). The Hall–Kier alpha value is -3.05. The Morgan fingerprint density at radius 2 is 1.60 bits per heavy atom. The number of anilines is 1. The summed E-state index contributed by atoms with van der Waals surface area (Å²) in [6.45, 7) is 0. The predicted molar refractivity (Wildman–Crippen MR) is 72.3 cm³/mol. The molecule has 0 saturated carbocycles. The highest BCUT2D eigenvalue weighted by Gasteiger charge is 2.38. The molecule has 2 N–H and O–H groups in total. The monoisotopic (exact) mass is 363 g/mol. The van der Waals surface area contributed by atoms with Gasteiger partial charge in [-0.1, -0.05) is 0 Å². The van der Waals surface area contributed by atoms with E-state index < -0.39 is 24.1 Å². The molecular formula is C13H7F6N5O. The van der Waals surface area contributed by atoms with Gasteiger partial charge in [0, 0.05) is 5.56 Å². The molecule has 0 radical (unpaired) electrons. The van der Waals surface area contributed by atoms with E-state index in [1.165, 1.54) is 18.2 Å². The first kappa shape index (κ1) is 16.8. The summed E-state index contributed by atoms with van der Waals surface area (Å²) in [7, 11) is 0. The maximum atomic E-state index is 12.9. The minimum absolute atomic E-state index is 0.00569. The van der Waals surface area contributed by atoms with Crippen LogP contribution < -0.4 is 10.5 Å². The molecule has 0 amide bonds. The third-order valence-corrected chi connectivity index (χ3v) is 3.04. The Labute approximate surface area is 134 Å². The zero-order chi connectivity index (χ0) is 18.4. The lowest BCUT2D eigenvalue weighted by molar-refractivity contribution is -0.274. The van der Waals surface area contributed by atoms with Crippen molar-refractivity contribution in [2.45, 2.75) is 12.5 Å². The average molecular weight is 363 g/mol. The van der Waals surface area contributed by atoms with Gasteiger partial charge < -0.3 is 10.5 Å². The summed E-state index contributed by atoms with van der Waals surface area (Å²) in [5, 5.41) is 10.1. The van der Waals surface area contributed by atoms with E-state index in [0.29, 0.717) is 4.52 Å². The molecule has 12 heteroatoms. The Morgan fingerprint density at radius 3 is 2.16 bits per heavy atom. The lowest BCUT2D eigenvalue weighted by Gasteiger charge is -2.10. The smallest absolute Gasteiger partial charge is 0.406 e. The topological polar surface area (TPSA) is 78.3 Å². The molecule has 3 aromatic rings. The second-order valence-electron chi connectivity index (χ2n) is 4.81. The second kappa shape index (κ2) is 5.50. The van der Waals surface area contributed by atoms with Gasteiger partial charge in [-0.25, -0.2) is 0 Å². The molecule has 0 unspecified atom stereocenters.